The maximum absolute atomic E-state index is 11.8. The van der Waals surface area contributed by atoms with Crippen molar-refractivity contribution < 1.29 is 9.59 Å². The van der Waals surface area contributed by atoms with Crippen molar-refractivity contribution in [1.82, 2.24) is 9.80 Å². The number of piperidine rings is 1. The first-order valence-electron chi connectivity index (χ1n) is 6.33. The monoisotopic (exact) mass is 224 g/mol. The molecule has 0 atom stereocenters. The van der Waals surface area contributed by atoms with Crippen LogP contribution in [-0.4, -0.2) is 47.8 Å². The molecule has 0 saturated carbocycles. The average molecular weight is 224 g/mol. The minimum atomic E-state index is 0.0214. The molecule has 2 aliphatic rings. The number of hydrogen-bond acceptors (Lipinski definition) is 2. The summed E-state index contributed by atoms with van der Waals surface area (Å²) in [5, 5.41) is 0. The lowest BCUT2D eigenvalue weighted by Gasteiger charge is -2.27. The molecule has 0 aromatic rings. The third-order valence-corrected chi connectivity index (χ3v) is 3.47. The predicted octanol–water partition coefficient (Wildman–Crippen LogP) is 1.01. The molecule has 4 heteroatoms. The summed E-state index contributed by atoms with van der Waals surface area (Å²) in [6, 6.07) is 0. The van der Waals surface area contributed by atoms with Crippen molar-refractivity contribution in [3.05, 3.63) is 0 Å². The number of carbonyl (C=O) groups is 2. The molecule has 0 unspecified atom stereocenters. The zero-order valence-corrected chi connectivity index (χ0v) is 9.78. The van der Waals surface area contributed by atoms with Crippen molar-refractivity contribution in [1.29, 1.82) is 0 Å². The van der Waals surface area contributed by atoms with Gasteiger partial charge >= 0.3 is 0 Å². The summed E-state index contributed by atoms with van der Waals surface area (Å²) in [5.74, 6) is 0.0460. The molecule has 0 N–H and O–H groups in total. The molecule has 2 aliphatic heterocycles. The SMILES string of the molecule is O=C(CC(=O)N1CCCC1)N1CCCCC1. The van der Waals surface area contributed by atoms with Gasteiger partial charge in [0.2, 0.25) is 11.8 Å². The Kier molecular flexibility index (Phi) is 3.80. The van der Waals surface area contributed by atoms with E-state index in [1.165, 1.54) is 6.42 Å². The standard InChI is InChI=1S/C12H20N2O2/c15-11(13-6-2-1-3-7-13)10-12(16)14-8-4-5-9-14/h1-10H2. The second kappa shape index (κ2) is 5.32. The molecule has 0 bridgehead atoms. The third kappa shape index (κ3) is 2.74. The molecular formula is C12H20N2O2. The fourth-order valence-electron chi connectivity index (χ4n) is 2.46. The lowest BCUT2D eigenvalue weighted by molar-refractivity contribution is -0.140. The summed E-state index contributed by atoms with van der Waals surface area (Å²) in [6.45, 7) is 3.36. The van der Waals surface area contributed by atoms with Crippen LogP contribution in [0.3, 0.4) is 0 Å². The molecule has 2 heterocycles. The van der Waals surface area contributed by atoms with Gasteiger partial charge in [0.25, 0.3) is 0 Å². The molecule has 0 spiro atoms. The molecule has 2 amide bonds. The Hall–Kier alpha value is -1.06. The van der Waals surface area contributed by atoms with Gasteiger partial charge in [-0.15, -0.1) is 0 Å². The molecule has 0 aliphatic carbocycles. The van der Waals surface area contributed by atoms with Crippen molar-refractivity contribution in [2.24, 2.45) is 0 Å². The molecule has 4 nitrogen and oxygen atoms in total. The van der Waals surface area contributed by atoms with Gasteiger partial charge in [-0.2, -0.15) is 0 Å². The van der Waals surface area contributed by atoms with Crippen LogP contribution in [0.2, 0.25) is 0 Å². The number of likely N-dealkylation sites (tertiary alicyclic amines) is 2. The molecule has 16 heavy (non-hydrogen) atoms. The Morgan fingerprint density at radius 2 is 1.06 bits per heavy atom. The van der Waals surface area contributed by atoms with E-state index >= 15 is 0 Å². The van der Waals surface area contributed by atoms with E-state index in [0.717, 1.165) is 51.9 Å². The van der Waals surface area contributed by atoms with Crippen LogP contribution in [0.15, 0.2) is 0 Å². The quantitative estimate of drug-likeness (QED) is 0.657. The number of hydrogen-bond donors (Lipinski definition) is 0. The van der Waals surface area contributed by atoms with Crippen molar-refractivity contribution in [2.45, 2.75) is 38.5 Å². The van der Waals surface area contributed by atoms with E-state index in [9.17, 15) is 9.59 Å². The van der Waals surface area contributed by atoms with Gasteiger partial charge in [-0.05, 0) is 32.1 Å². The normalized spacial score (nSPS) is 21.2. The molecule has 90 valence electrons. The van der Waals surface area contributed by atoms with Gasteiger partial charge in [0.05, 0.1) is 0 Å². The van der Waals surface area contributed by atoms with Crippen LogP contribution in [0.5, 0.6) is 0 Å². The van der Waals surface area contributed by atoms with Crippen molar-refractivity contribution in [3.63, 3.8) is 0 Å². The maximum Gasteiger partial charge on any atom is 0.232 e. The molecule has 2 fully saturated rings. The third-order valence-electron chi connectivity index (χ3n) is 3.47. The second-order valence-electron chi connectivity index (χ2n) is 4.71. The zero-order chi connectivity index (χ0) is 11.4. The first-order chi connectivity index (χ1) is 7.77. The van der Waals surface area contributed by atoms with Gasteiger partial charge < -0.3 is 9.80 Å². The number of rotatable bonds is 2. The van der Waals surface area contributed by atoms with Gasteiger partial charge in [0.15, 0.2) is 0 Å². The molecule has 0 aromatic heterocycles. The zero-order valence-electron chi connectivity index (χ0n) is 9.78. The summed E-state index contributed by atoms with van der Waals surface area (Å²) in [4.78, 5) is 27.3. The van der Waals surface area contributed by atoms with E-state index in [2.05, 4.69) is 0 Å². The highest BCUT2D eigenvalue weighted by molar-refractivity contribution is 5.97. The second-order valence-corrected chi connectivity index (χ2v) is 4.71. The Balaban J connectivity index is 1.79. The Morgan fingerprint density at radius 1 is 0.688 bits per heavy atom. The van der Waals surface area contributed by atoms with Crippen molar-refractivity contribution >= 4 is 11.8 Å². The van der Waals surface area contributed by atoms with E-state index in [4.69, 9.17) is 0 Å². The van der Waals surface area contributed by atoms with Crippen LogP contribution in [-0.2, 0) is 9.59 Å². The van der Waals surface area contributed by atoms with E-state index in [1.807, 2.05) is 9.80 Å². The van der Waals surface area contributed by atoms with Gasteiger partial charge in [-0.1, -0.05) is 0 Å². The Labute approximate surface area is 96.6 Å². The lowest BCUT2D eigenvalue weighted by Crippen LogP contribution is -2.39. The van der Waals surface area contributed by atoms with Crippen LogP contribution in [0.1, 0.15) is 38.5 Å². The minimum absolute atomic E-state index is 0.0214. The van der Waals surface area contributed by atoms with E-state index in [-0.39, 0.29) is 18.2 Å². The summed E-state index contributed by atoms with van der Waals surface area (Å²) in [5.41, 5.74) is 0. The first kappa shape index (κ1) is 11.4. The van der Waals surface area contributed by atoms with Crippen LogP contribution in [0, 0.1) is 0 Å². The maximum atomic E-state index is 11.8. The predicted molar refractivity (Wildman–Crippen MR) is 60.9 cm³/mol. The summed E-state index contributed by atoms with van der Waals surface area (Å²) >= 11 is 0. The number of nitrogens with zero attached hydrogens (tertiary/aromatic N) is 2. The average Bonchev–Trinajstić information content (AvgIpc) is 2.83. The van der Waals surface area contributed by atoms with Crippen LogP contribution >= 0.6 is 0 Å². The minimum Gasteiger partial charge on any atom is -0.342 e. The molecule has 2 rings (SSSR count). The summed E-state index contributed by atoms with van der Waals surface area (Å²) in [6.07, 6.45) is 5.64. The highest BCUT2D eigenvalue weighted by atomic mass is 16.2. The van der Waals surface area contributed by atoms with Crippen molar-refractivity contribution in [2.75, 3.05) is 26.2 Å². The largest absolute Gasteiger partial charge is 0.342 e. The lowest BCUT2D eigenvalue weighted by atomic mass is 10.1. The first-order valence-corrected chi connectivity index (χ1v) is 6.33. The van der Waals surface area contributed by atoms with E-state index < -0.39 is 0 Å². The fraction of sp³-hybridized carbons (Fsp3) is 0.833. The van der Waals surface area contributed by atoms with E-state index in [1.54, 1.807) is 0 Å². The van der Waals surface area contributed by atoms with Gasteiger partial charge in [0.1, 0.15) is 6.42 Å². The van der Waals surface area contributed by atoms with Crippen LogP contribution < -0.4 is 0 Å². The summed E-state index contributed by atoms with van der Waals surface area (Å²) < 4.78 is 0. The number of carbonyl (C=O) groups excluding carboxylic acids is 2. The molecule has 2 saturated heterocycles. The molecular weight excluding hydrogens is 204 g/mol. The van der Waals surface area contributed by atoms with Gasteiger partial charge in [0, 0.05) is 26.2 Å². The van der Waals surface area contributed by atoms with Crippen LogP contribution in [0.4, 0.5) is 0 Å². The fourth-order valence-corrected chi connectivity index (χ4v) is 2.46. The van der Waals surface area contributed by atoms with Gasteiger partial charge in [-0.25, -0.2) is 0 Å². The van der Waals surface area contributed by atoms with Crippen molar-refractivity contribution in [3.8, 4) is 0 Å². The smallest absolute Gasteiger partial charge is 0.232 e. The summed E-state index contributed by atoms with van der Waals surface area (Å²) in [7, 11) is 0. The molecule has 0 aromatic carbocycles. The topological polar surface area (TPSA) is 40.6 Å². The highest BCUT2D eigenvalue weighted by Gasteiger charge is 2.23. The Morgan fingerprint density at radius 3 is 1.50 bits per heavy atom. The molecule has 0 radical (unpaired) electrons. The number of amides is 2. The van der Waals surface area contributed by atoms with E-state index in [0.29, 0.717) is 0 Å². The van der Waals surface area contributed by atoms with Crippen LogP contribution in [0.25, 0.3) is 0 Å². The van der Waals surface area contributed by atoms with Gasteiger partial charge in [-0.3, -0.25) is 9.59 Å². The Bertz CT molecular complexity index is 266. The highest BCUT2D eigenvalue weighted by Crippen LogP contribution is 2.13.